The van der Waals surface area contributed by atoms with Gasteiger partial charge in [-0.05, 0) is 39.3 Å². The Balaban J connectivity index is 1.75. The minimum absolute atomic E-state index is 0.0149. The Labute approximate surface area is 173 Å². The Kier molecular flexibility index (Phi) is 4.96. The van der Waals surface area contributed by atoms with Crippen molar-refractivity contribution in [3.05, 3.63) is 74.9 Å². The molecule has 5 nitrogen and oxygen atoms in total. The molecular formula is C23H23N3O2S. The molecule has 0 fully saturated rings. The summed E-state index contributed by atoms with van der Waals surface area (Å²) < 4.78 is 3.53. The fraction of sp³-hybridized carbons (Fsp3) is 0.261. The summed E-state index contributed by atoms with van der Waals surface area (Å²) in [4.78, 5) is 31.3. The van der Waals surface area contributed by atoms with Crippen LogP contribution in [0.3, 0.4) is 0 Å². The first-order chi connectivity index (χ1) is 13.9. The molecule has 0 radical (unpaired) electrons. The van der Waals surface area contributed by atoms with Gasteiger partial charge in [-0.15, -0.1) is 11.3 Å². The lowest BCUT2D eigenvalue weighted by atomic mass is 10.1. The number of carbonyl (C=O) groups excluding carboxylic acids is 1. The predicted molar refractivity (Wildman–Crippen MR) is 118 cm³/mol. The van der Waals surface area contributed by atoms with E-state index < -0.39 is 0 Å². The quantitative estimate of drug-likeness (QED) is 0.450. The van der Waals surface area contributed by atoms with Crippen molar-refractivity contribution in [3.8, 4) is 11.1 Å². The molecule has 0 spiro atoms. The van der Waals surface area contributed by atoms with E-state index >= 15 is 0 Å². The van der Waals surface area contributed by atoms with Gasteiger partial charge in [0.25, 0.3) is 5.56 Å². The summed E-state index contributed by atoms with van der Waals surface area (Å²) in [6.07, 6.45) is 1.48. The summed E-state index contributed by atoms with van der Waals surface area (Å²) in [6.45, 7) is 8.83. The highest BCUT2D eigenvalue weighted by Crippen LogP contribution is 2.30. The lowest BCUT2D eigenvalue weighted by molar-refractivity contribution is 0.0970. The summed E-state index contributed by atoms with van der Waals surface area (Å²) in [7, 11) is 0. The highest BCUT2D eigenvalue weighted by Gasteiger charge is 2.18. The number of benzene rings is 1. The highest BCUT2D eigenvalue weighted by atomic mass is 32.1. The van der Waals surface area contributed by atoms with Crippen LogP contribution in [0.4, 0.5) is 0 Å². The van der Waals surface area contributed by atoms with Crippen molar-refractivity contribution in [2.45, 2.75) is 40.8 Å². The Morgan fingerprint density at radius 2 is 1.86 bits per heavy atom. The number of carbonyl (C=O) groups is 1. The van der Waals surface area contributed by atoms with Crippen LogP contribution in [-0.2, 0) is 13.1 Å². The largest absolute Gasteiger partial charge is 0.349 e. The summed E-state index contributed by atoms with van der Waals surface area (Å²) in [5.74, 6) is -0.0758. The zero-order chi connectivity index (χ0) is 20.7. The van der Waals surface area contributed by atoms with Crippen LogP contribution in [0.1, 0.15) is 34.2 Å². The lowest BCUT2D eigenvalue weighted by Gasteiger charge is -2.07. The minimum atomic E-state index is -0.176. The number of hydrogen-bond acceptors (Lipinski definition) is 4. The van der Waals surface area contributed by atoms with E-state index in [2.05, 4.69) is 16.5 Å². The van der Waals surface area contributed by atoms with Crippen LogP contribution in [-0.4, -0.2) is 19.9 Å². The van der Waals surface area contributed by atoms with E-state index in [1.54, 1.807) is 0 Å². The van der Waals surface area contributed by atoms with E-state index in [9.17, 15) is 9.59 Å². The number of ketones is 1. The monoisotopic (exact) mass is 405 g/mol. The molecule has 0 atom stereocenters. The van der Waals surface area contributed by atoms with Gasteiger partial charge in [0.05, 0.1) is 18.3 Å². The Morgan fingerprint density at radius 3 is 2.52 bits per heavy atom. The molecule has 0 saturated carbocycles. The molecule has 0 unspecified atom stereocenters. The van der Waals surface area contributed by atoms with Crippen molar-refractivity contribution in [1.82, 2.24) is 14.1 Å². The van der Waals surface area contributed by atoms with E-state index in [-0.39, 0.29) is 17.9 Å². The molecule has 3 heterocycles. The van der Waals surface area contributed by atoms with Gasteiger partial charge in [-0.3, -0.25) is 14.2 Å². The second-order valence-corrected chi connectivity index (χ2v) is 8.18. The molecule has 4 aromatic rings. The van der Waals surface area contributed by atoms with E-state index in [0.29, 0.717) is 15.8 Å². The number of hydrogen-bond donors (Lipinski definition) is 0. The van der Waals surface area contributed by atoms with Gasteiger partial charge in [0.1, 0.15) is 4.83 Å². The molecule has 0 aliphatic heterocycles. The fourth-order valence-electron chi connectivity index (χ4n) is 3.84. The standard InChI is InChI=1S/C23H23N3O2S/c1-5-26-15(3)10-18(16(26)4)20(27)11-25-13-24-22-21(23(25)28)19(12-29-22)17-8-6-14(2)7-9-17/h6-10,12-13H,5,11H2,1-4H3. The van der Waals surface area contributed by atoms with Crippen molar-refractivity contribution < 1.29 is 4.79 Å². The van der Waals surface area contributed by atoms with Gasteiger partial charge in [0.15, 0.2) is 5.78 Å². The Morgan fingerprint density at radius 1 is 1.14 bits per heavy atom. The smallest absolute Gasteiger partial charge is 0.263 e. The maximum Gasteiger partial charge on any atom is 0.263 e. The van der Waals surface area contributed by atoms with Crippen molar-refractivity contribution in [2.75, 3.05) is 0 Å². The van der Waals surface area contributed by atoms with Crippen LogP contribution in [0, 0.1) is 20.8 Å². The fourth-order valence-corrected chi connectivity index (χ4v) is 4.74. The van der Waals surface area contributed by atoms with Crippen molar-refractivity contribution in [2.24, 2.45) is 0 Å². The average molecular weight is 406 g/mol. The first kappa shape index (κ1) is 19.3. The number of nitrogens with zero attached hydrogens (tertiary/aromatic N) is 3. The zero-order valence-electron chi connectivity index (χ0n) is 17.0. The molecule has 0 aliphatic carbocycles. The average Bonchev–Trinajstić information content (AvgIpc) is 3.26. The number of rotatable bonds is 5. The number of aryl methyl sites for hydroxylation is 2. The molecule has 29 heavy (non-hydrogen) atoms. The molecule has 1 aromatic carbocycles. The maximum absolute atomic E-state index is 13.2. The maximum atomic E-state index is 13.2. The van der Waals surface area contributed by atoms with Gasteiger partial charge in [0.2, 0.25) is 0 Å². The SMILES string of the molecule is CCn1c(C)cc(C(=O)Cn2cnc3scc(-c4ccc(C)cc4)c3c2=O)c1C. The Hall–Kier alpha value is -2.99. The van der Waals surface area contributed by atoms with Crippen molar-refractivity contribution in [3.63, 3.8) is 0 Å². The van der Waals surface area contributed by atoms with Crippen LogP contribution in [0.15, 0.2) is 46.8 Å². The van der Waals surface area contributed by atoms with E-state index in [4.69, 9.17) is 0 Å². The van der Waals surface area contributed by atoms with E-state index in [0.717, 1.165) is 29.1 Å². The van der Waals surface area contributed by atoms with Gasteiger partial charge in [-0.1, -0.05) is 29.8 Å². The molecule has 0 aliphatic rings. The minimum Gasteiger partial charge on any atom is -0.349 e. The molecule has 4 rings (SSSR count). The molecule has 0 N–H and O–H groups in total. The third-order valence-electron chi connectivity index (χ3n) is 5.43. The molecule has 0 saturated heterocycles. The summed E-state index contributed by atoms with van der Waals surface area (Å²) in [5, 5.41) is 2.54. The highest BCUT2D eigenvalue weighted by molar-refractivity contribution is 7.17. The van der Waals surface area contributed by atoms with Crippen LogP contribution in [0.2, 0.25) is 0 Å². The molecule has 0 amide bonds. The molecular weight excluding hydrogens is 382 g/mol. The molecule has 6 heteroatoms. The van der Waals surface area contributed by atoms with Crippen LogP contribution in [0.25, 0.3) is 21.3 Å². The number of Topliss-reactive ketones (excluding diaryl/α,β-unsaturated/α-hetero) is 1. The van der Waals surface area contributed by atoms with Gasteiger partial charge in [-0.25, -0.2) is 4.98 Å². The Bertz CT molecular complexity index is 1280. The number of fused-ring (bicyclic) bond motifs is 1. The summed E-state index contributed by atoms with van der Waals surface area (Å²) in [5.41, 5.74) is 5.50. The third kappa shape index (κ3) is 3.34. The number of thiophene rings is 1. The molecule has 148 valence electrons. The molecule has 3 aromatic heterocycles. The summed E-state index contributed by atoms with van der Waals surface area (Å²) in [6, 6.07) is 9.98. The zero-order valence-corrected chi connectivity index (χ0v) is 17.8. The van der Waals surface area contributed by atoms with E-state index in [1.807, 2.05) is 56.5 Å². The lowest BCUT2D eigenvalue weighted by Crippen LogP contribution is -2.24. The van der Waals surface area contributed by atoms with Crippen molar-refractivity contribution in [1.29, 1.82) is 0 Å². The van der Waals surface area contributed by atoms with Crippen LogP contribution in [0.5, 0.6) is 0 Å². The summed E-state index contributed by atoms with van der Waals surface area (Å²) >= 11 is 1.45. The van der Waals surface area contributed by atoms with Crippen LogP contribution >= 0.6 is 11.3 Å². The van der Waals surface area contributed by atoms with Gasteiger partial charge >= 0.3 is 0 Å². The third-order valence-corrected chi connectivity index (χ3v) is 6.31. The second kappa shape index (κ2) is 7.44. The molecule has 0 bridgehead atoms. The van der Waals surface area contributed by atoms with Gasteiger partial charge < -0.3 is 4.57 Å². The number of aromatic nitrogens is 3. The second-order valence-electron chi connectivity index (χ2n) is 7.33. The topological polar surface area (TPSA) is 56.9 Å². The normalized spacial score (nSPS) is 11.3. The first-order valence-electron chi connectivity index (χ1n) is 9.64. The van der Waals surface area contributed by atoms with Gasteiger partial charge in [0, 0.05) is 34.4 Å². The van der Waals surface area contributed by atoms with Gasteiger partial charge in [-0.2, -0.15) is 0 Å². The van der Waals surface area contributed by atoms with Crippen molar-refractivity contribution >= 4 is 27.3 Å². The van der Waals surface area contributed by atoms with E-state index in [1.165, 1.54) is 27.8 Å². The first-order valence-corrected chi connectivity index (χ1v) is 10.5. The predicted octanol–water partition coefficient (Wildman–Crippen LogP) is 4.75. The van der Waals surface area contributed by atoms with Crippen LogP contribution < -0.4 is 5.56 Å².